The van der Waals surface area contributed by atoms with Crippen LogP contribution in [-0.2, 0) is 9.53 Å². The van der Waals surface area contributed by atoms with Crippen LogP contribution >= 0.6 is 11.3 Å². The van der Waals surface area contributed by atoms with Crippen molar-refractivity contribution in [1.82, 2.24) is 15.5 Å². The first-order valence-corrected chi connectivity index (χ1v) is 7.48. The van der Waals surface area contributed by atoms with Gasteiger partial charge in [0.05, 0.1) is 18.1 Å². The van der Waals surface area contributed by atoms with E-state index in [1.54, 1.807) is 5.51 Å². The molecule has 2 aliphatic heterocycles. The van der Waals surface area contributed by atoms with Gasteiger partial charge in [-0.25, -0.2) is 0 Å². The number of amides is 1. The maximum Gasteiger partial charge on any atom is 0.226 e. The Balaban J connectivity index is 1.68. The molecule has 19 heavy (non-hydrogen) atoms. The van der Waals surface area contributed by atoms with E-state index >= 15 is 0 Å². The maximum atomic E-state index is 12.2. The highest BCUT2D eigenvalue weighted by atomic mass is 32.1. The van der Waals surface area contributed by atoms with Gasteiger partial charge < -0.3 is 15.0 Å². The molecule has 2 fully saturated rings. The second-order valence-corrected chi connectivity index (χ2v) is 6.24. The summed E-state index contributed by atoms with van der Waals surface area (Å²) in [4.78, 5) is 14.3. The number of nitrogens with zero attached hydrogens (tertiary/aromatic N) is 3. The van der Waals surface area contributed by atoms with E-state index in [0.29, 0.717) is 0 Å². The molecule has 1 aromatic rings. The van der Waals surface area contributed by atoms with Crippen LogP contribution in [0.3, 0.4) is 0 Å². The van der Waals surface area contributed by atoms with Gasteiger partial charge in [0.1, 0.15) is 5.51 Å². The Morgan fingerprint density at radius 3 is 3.11 bits per heavy atom. The molecule has 6 nitrogen and oxygen atoms in total. The minimum Gasteiger partial charge on any atom is -0.370 e. The van der Waals surface area contributed by atoms with Gasteiger partial charge in [-0.1, -0.05) is 11.3 Å². The highest BCUT2D eigenvalue weighted by Crippen LogP contribution is 2.34. The monoisotopic (exact) mass is 282 g/mol. The molecule has 0 unspecified atom stereocenters. The number of hydrogen-bond acceptors (Lipinski definition) is 6. The molecule has 2 aliphatic rings. The zero-order valence-corrected chi connectivity index (χ0v) is 11.9. The van der Waals surface area contributed by atoms with Crippen LogP contribution in [0.4, 0.5) is 5.13 Å². The Labute approximate surface area is 116 Å². The highest BCUT2D eigenvalue weighted by Gasteiger charge is 2.45. The summed E-state index contributed by atoms with van der Waals surface area (Å²) in [5, 5.41) is 11.9. The van der Waals surface area contributed by atoms with Crippen LogP contribution in [0.25, 0.3) is 0 Å². The number of aromatic nitrogens is 2. The average Bonchev–Trinajstić information content (AvgIpc) is 2.96. The maximum absolute atomic E-state index is 12.2. The van der Waals surface area contributed by atoms with Gasteiger partial charge in [-0.05, 0) is 20.3 Å². The Hall–Kier alpha value is -1.21. The average molecular weight is 282 g/mol. The third kappa shape index (κ3) is 2.57. The number of morpholine rings is 1. The molecule has 1 aromatic heterocycles. The summed E-state index contributed by atoms with van der Waals surface area (Å²) in [5.41, 5.74) is 1.73. The van der Waals surface area contributed by atoms with Gasteiger partial charge in [-0.2, -0.15) is 0 Å². The fourth-order valence-corrected chi connectivity index (χ4v) is 3.37. The summed E-state index contributed by atoms with van der Waals surface area (Å²) < 4.78 is 5.89. The number of nitrogens with one attached hydrogen (secondary N) is 1. The van der Waals surface area contributed by atoms with E-state index in [0.717, 1.165) is 24.6 Å². The van der Waals surface area contributed by atoms with Gasteiger partial charge in [0.25, 0.3) is 0 Å². The lowest BCUT2D eigenvalue weighted by Gasteiger charge is -2.32. The van der Waals surface area contributed by atoms with Crippen molar-refractivity contribution in [2.75, 3.05) is 18.0 Å². The third-order valence-electron chi connectivity index (χ3n) is 3.54. The van der Waals surface area contributed by atoms with Crippen molar-refractivity contribution in [2.24, 2.45) is 5.92 Å². The number of hydrogen-bond donors (Lipinski definition) is 1. The number of fused-ring (bicyclic) bond motifs is 2. The molecule has 1 amide bonds. The molecular weight excluding hydrogens is 264 g/mol. The van der Waals surface area contributed by atoms with Crippen molar-refractivity contribution in [3.05, 3.63) is 5.51 Å². The molecule has 0 radical (unpaired) electrons. The summed E-state index contributed by atoms with van der Waals surface area (Å²) >= 11 is 1.53. The van der Waals surface area contributed by atoms with E-state index < -0.39 is 0 Å². The van der Waals surface area contributed by atoms with Crippen molar-refractivity contribution in [1.29, 1.82) is 0 Å². The quantitative estimate of drug-likeness (QED) is 0.882. The van der Waals surface area contributed by atoms with Gasteiger partial charge in [0.15, 0.2) is 0 Å². The van der Waals surface area contributed by atoms with Gasteiger partial charge in [-0.15, -0.1) is 10.2 Å². The molecule has 1 N–H and O–H groups in total. The SMILES string of the molecule is CC(C)NC(=O)[C@H]1C[C@H]2CN(c3nncs3)C[C@H]1O2. The number of anilines is 1. The van der Waals surface area contributed by atoms with Crippen LogP contribution in [0, 0.1) is 5.92 Å². The molecule has 2 bridgehead atoms. The minimum absolute atomic E-state index is 0.0265. The molecule has 0 saturated carbocycles. The zero-order valence-electron chi connectivity index (χ0n) is 11.1. The Bertz CT molecular complexity index is 451. The lowest BCUT2D eigenvalue weighted by molar-refractivity contribution is -0.127. The van der Waals surface area contributed by atoms with E-state index in [9.17, 15) is 4.79 Å². The third-order valence-corrected chi connectivity index (χ3v) is 4.29. The van der Waals surface area contributed by atoms with E-state index in [1.165, 1.54) is 11.3 Å². The molecule has 7 heteroatoms. The molecule has 2 saturated heterocycles. The molecule has 3 atom stereocenters. The van der Waals surface area contributed by atoms with Crippen molar-refractivity contribution < 1.29 is 9.53 Å². The second-order valence-electron chi connectivity index (χ2n) is 5.43. The minimum atomic E-state index is -0.0367. The number of ether oxygens (including phenoxy) is 1. The van der Waals surface area contributed by atoms with Crippen LogP contribution in [-0.4, -0.2) is 47.4 Å². The lowest BCUT2D eigenvalue weighted by atomic mass is 9.99. The predicted molar refractivity (Wildman–Crippen MR) is 72.2 cm³/mol. The predicted octanol–water partition coefficient (Wildman–Crippen LogP) is 0.656. The Kier molecular flexibility index (Phi) is 3.40. The zero-order chi connectivity index (χ0) is 13.4. The van der Waals surface area contributed by atoms with Gasteiger partial charge in [-0.3, -0.25) is 4.79 Å². The van der Waals surface area contributed by atoms with E-state index in [1.807, 2.05) is 13.8 Å². The lowest BCUT2D eigenvalue weighted by Crippen LogP contribution is -2.46. The van der Waals surface area contributed by atoms with Gasteiger partial charge in [0.2, 0.25) is 11.0 Å². The van der Waals surface area contributed by atoms with Crippen molar-refractivity contribution in [2.45, 2.75) is 38.5 Å². The summed E-state index contributed by atoms with van der Waals surface area (Å²) in [5.74, 6) is 0.0759. The fraction of sp³-hybridized carbons (Fsp3) is 0.750. The van der Waals surface area contributed by atoms with Crippen molar-refractivity contribution >= 4 is 22.4 Å². The van der Waals surface area contributed by atoms with E-state index in [-0.39, 0.29) is 30.1 Å². The summed E-state index contributed by atoms with van der Waals surface area (Å²) in [6, 6.07) is 0.173. The standard InChI is InChI=1S/C12H18N4O2S/c1-7(2)14-11(17)9-3-8-4-16(5-10(9)18-8)12-15-13-6-19-12/h6-10H,3-5H2,1-2H3,(H,14,17)/t8-,9-,10+/m0/s1. The topological polar surface area (TPSA) is 67.4 Å². The van der Waals surface area contributed by atoms with Gasteiger partial charge >= 0.3 is 0 Å². The van der Waals surface area contributed by atoms with Crippen molar-refractivity contribution in [3.63, 3.8) is 0 Å². The largest absolute Gasteiger partial charge is 0.370 e. The smallest absolute Gasteiger partial charge is 0.226 e. The molecule has 3 heterocycles. The molecule has 0 aromatic carbocycles. The van der Waals surface area contributed by atoms with Crippen LogP contribution in [0.15, 0.2) is 5.51 Å². The number of carbonyl (C=O) groups excluding carboxylic acids is 1. The van der Waals surface area contributed by atoms with Crippen LogP contribution in [0.5, 0.6) is 0 Å². The highest BCUT2D eigenvalue weighted by molar-refractivity contribution is 7.13. The van der Waals surface area contributed by atoms with Crippen LogP contribution in [0.1, 0.15) is 20.3 Å². The first-order valence-electron chi connectivity index (χ1n) is 6.60. The molecular formula is C12H18N4O2S. The molecule has 3 rings (SSSR count). The van der Waals surface area contributed by atoms with Crippen molar-refractivity contribution in [3.8, 4) is 0 Å². The normalized spacial score (nSPS) is 29.8. The fourth-order valence-electron chi connectivity index (χ4n) is 2.79. The first kappa shape index (κ1) is 12.8. The molecule has 0 aliphatic carbocycles. The van der Waals surface area contributed by atoms with E-state index in [4.69, 9.17) is 4.74 Å². The Morgan fingerprint density at radius 2 is 2.42 bits per heavy atom. The molecule has 104 valence electrons. The van der Waals surface area contributed by atoms with E-state index in [2.05, 4.69) is 20.4 Å². The summed E-state index contributed by atoms with van der Waals surface area (Å²) in [7, 11) is 0. The summed E-state index contributed by atoms with van der Waals surface area (Å²) in [6.45, 7) is 5.49. The Morgan fingerprint density at radius 1 is 1.58 bits per heavy atom. The first-order chi connectivity index (χ1) is 9.13. The molecule has 0 spiro atoms. The summed E-state index contributed by atoms with van der Waals surface area (Å²) in [6.07, 6.45) is 0.908. The van der Waals surface area contributed by atoms with Crippen LogP contribution in [0.2, 0.25) is 0 Å². The van der Waals surface area contributed by atoms with Crippen LogP contribution < -0.4 is 10.2 Å². The second kappa shape index (κ2) is 5.05. The number of carbonyl (C=O) groups is 1. The number of rotatable bonds is 3. The van der Waals surface area contributed by atoms with Gasteiger partial charge in [0, 0.05) is 19.1 Å².